The number of unbranched alkanes of at least 4 members (excludes halogenated alkanes) is 9. The predicted molar refractivity (Wildman–Crippen MR) is 355 cm³/mol. The predicted octanol–water partition coefficient (Wildman–Crippen LogP) is 19.3. The number of phenolic OH excluding ortho intramolecular Hbond substituents is 1. The van der Waals surface area contributed by atoms with Gasteiger partial charge in [-0.3, -0.25) is 25.2 Å². The fraction of sp³-hybridized carbons (Fsp3) is 0.349. The molecule has 2 saturated heterocycles. The van der Waals surface area contributed by atoms with Gasteiger partial charge in [-0.15, -0.1) is 0 Å². The molecule has 2 aliphatic rings. The molecule has 87 heavy (non-hydrogen) atoms. The van der Waals surface area contributed by atoms with E-state index in [-0.39, 0.29) is 76.7 Å². The molecule has 3 amide bonds. The molecule has 6 aromatic carbocycles. The van der Waals surface area contributed by atoms with Gasteiger partial charge in [-0.25, -0.2) is 20.0 Å². The lowest BCUT2D eigenvalue weighted by Crippen LogP contribution is -2.36. The maximum Gasteiger partial charge on any atom is 0.280 e. The van der Waals surface area contributed by atoms with E-state index in [1.54, 1.807) is 60.7 Å². The van der Waals surface area contributed by atoms with E-state index in [1.807, 2.05) is 39.8 Å². The second-order valence-electron chi connectivity index (χ2n) is 21.6. The summed E-state index contributed by atoms with van der Waals surface area (Å²) in [6, 6.07) is 24.9. The number of benzene rings is 6. The van der Waals surface area contributed by atoms with Crippen molar-refractivity contribution in [3.05, 3.63) is 148 Å². The van der Waals surface area contributed by atoms with Gasteiger partial charge in [0.1, 0.15) is 28.7 Å². The Bertz CT molecular complexity index is 3520. The number of aromatic hydroxyl groups is 1. The van der Waals surface area contributed by atoms with Gasteiger partial charge in [-0.1, -0.05) is 184 Å². The standard InChI is InChI=1S/C47H56Cl4N6O6.C16H11Cl4N3O/c1-7-8-9-10-11-12-13-14-15-16-17-40(63-32-20-22-38(58)33(28-32)47(2,3)4)45(59)52-30-18-21-34(49)37(26-30)53-44-42(55-54-31-19-23-39(61-5)41(27-31)62-6)46(60)57(56-44)43-35(50)24-29(48)25-36(43)51;1-8-2-3-10(18)13(4-8)21-14-7-15(24)23(22-14)16-11(19)5-9(17)6-12(16)20/h18-28,40,42,58H,7-17H2,1-6H3,(H,52,59)(H,53,56);2-6H,7H2,1H3,(H,21,22). The maximum absolute atomic E-state index is 14.1. The third-order valence-electron chi connectivity index (χ3n) is 13.8. The fourth-order valence-corrected chi connectivity index (χ4v) is 11.6. The number of hydrogen-bond acceptors (Lipinski definition) is 11. The van der Waals surface area contributed by atoms with Gasteiger partial charge in [0.25, 0.3) is 17.7 Å². The van der Waals surface area contributed by atoms with Crippen molar-refractivity contribution in [3.8, 4) is 23.0 Å². The van der Waals surface area contributed by atoms with Crippen LogP contribution in [0.3, 0.4) is 0 Å². The van der Waals surface area contributed by atoms with Crippen molar-refractivity contribution >= 4 is 156 Å². The van der Waals surface area contributed by atoms with Crippen LogP contribution in [0.25, 0.3) is 0 Å². The summed E-state index contributed by atoms with van der Waals surface area (Å²) >= 11 is 50.4. The van der Waals surface area contributed by atoms with Crippen LogP contribution in [0.4, 0.5) is 34.1 Å². The number of aryl methyl sites for hydroxylation is 1. The van der Waals surface area contributed by atoms with Gasteiger partial charge in [-0.05, 0) is 116 Å². The van der Waals surface area contributed by atoms with Gasteiger partial charge in [0.15, 0.2) is 23.4 Å². The number of nitrogens with one attached hydrogen (secondary N) is 3. The second kappa shape index (κ2) is 31.8. The summed E-state index contributed by atoms with van der Waals surface area (Å²) in [5, 5.41) is 26.8. The number of ether oxygens (including phenoxy) is 3. The number of halogens is 8. The topological polar surface area (TPSA) is 191 Å². The van der Waals surface area contributed by atoms with Crippen molar-refractivity contribution in [3.63, 3.8) is 0 Å². The lowest BCUT2D eigenvalue weighted by molar-refractivity contribution is -0.123. The first-order chi connectivity index (χ1) is 41.5. The Hall–Kier alpha value is -6.21. The molecule has 0 aromatic heterocycles. The molecule has 462 valence electrons. The molecule has 16 nitrogen and oxygen atoms in total. The molecular formula is C63H67Cl8N9O7. The first-order valence-corrected chi connectivity index (χ1v) is 31.2. The van der Waals surface area contributed by atoms with Crippen molar-refractivity contribution in [2.24, 2.45) is 20.2 Å². The largest absolute Gasteiger partial charge is 0.508 e. The van der Waals surface area contributed by atoms with Crippen molar-refractivity contribution in [2.45, 2.75) is 129 Å². The highest BCUT2D eigenvalue weighted by atomic mass is 35.5. The molecule has 2 aliphatic heterocycles. The minimum atomic E-state index is -1.31. The number of carbonyl (C=O) groups is 3. The van der Waals surface area contributed by atoms with Gasteiger partial charge in [0, 0.05) is 27.4 Å². The van der Waals surface area contributed by atoms with Gasteiger partial charge in [0.2, 0.25) is 6.04 Å². The molecule has 0 spiro atoms. The number of anilines is 3. The molecule has 8 rings (SSSR count). The van der Waals surface area contributed by atoms with Gasteiger partial charge in [-0.2, -0.15) is 10.2 Å². The van der Waals surface area contributed by atoms with Crippen LogP contribution in [-0.4, -0.2) is 60.9 Å². The zero-order valence-corrected chi connectivity index (χ0v) is 55.0. The number of nitrogens with zero attached hydrogens (tertiary/aromatic N) is 6. The number of methoxy groups -OCH3 is 2. The van der Waals surface area contributed by atoms with Crippen LogP contribution in [0.5, 0.6) is 23.0 Å². The van der Waals surface area contributed by atoms with Crippen LogP contribution < -0.4 is 40.4 Å². The summed E-state index contributed by atoms with van der Waals surface area (Å²) in [7, 11) is 3.01. The quantitative estimate of drug-likeness (QED) is 0.0357. The lowest BCUT2D eigenvalue weighted by Gasteiger charge is -2.23. The number of rotatable bonds is 23. The number of amidine groups is 2. The van der Waals surface area contributed by atoms with Crippen molar-refractivity contribution in [1.29, 1.82) is 0 Å². The van der Waals surface area contributed by atoms with Crippen LogP contribution in [0.1, 0.15) is 116 Å². The molecule has 0 radical (unpaired) electrons. The molecule has 0 saturated carbocycles. The van der Waals surface area contributed by atoms with Crippen molar-refractivity contribution in [2.75, 3.05) is 29.6 Å². The molecular weight excluding hydrogens is 1280 g/mol. The highest BCUT2D eigenvalue weighted by Gasteiger charge is 2.41. The van der Waals surface area contributed by atoms with Crippen LogP contribution in [0.2, 0.25) is 40.2 Å². The molecule has 0 aliphatic carbocycles. The summed E-state index contributed by atoms with van der Waals surface area (Å²) < 4.78 is 17.1. The first-order valence-electron chi connectivity index (χ1n) is 28.1. The third kappa shape index (κ3) is 18.7. The van der Waals surface area contributed by atoms with Crippen LogP contribution >= 0.6 is 92.8 Å². The maximum atomic E-state index is 14.1. The van der Waals surface area contributed by atoms with Crippen LogP contribution in [-0.2, 0) is 19.8 Å². The lowest BCUT2D eigenvalue weighted by atomic mass is 9.86. The smallest absolute Gasteiger partial charge is 0.280 e. The monoisotopic (exact) mass is 1340 g/mol. The SMILES string of the molecule is CCCCCCCCCCCCC(Oc1ccc(O)c(C(C)(C)C)c1)C(=O)Nc1ccc(Cl)c(N=C2NN(c3c(Cl)cc(Cl)cc3Cl)C(=O)C2N=Nc2ccc(OC)c(OC)c2)c1.Cc1ccc(Cl)c(N=C2CC(=O)N(c3c(Cl)cc(Cl)cc3Cl)N2)c1. The summed E-state index contributed by atoms with van der Waals surface area (Å²) in [5.41, 5.74) is 9.30. The van der Waals surface area contributed by atoms with E-state index >= 15 is 0 Å². The van der Waals surface area contributed by atoms with Gasteiger partial charge in [0.05, 0.1) is 67.8 Å². The summed E-state index contributed by atoms with van der Waals surface area (Å²) in [6.45, 7) is 10.2. The number of phenols is 1. The Kier molecular flexibility index (Phi) is 25.0. The Morgan fingerprint density at radius 3 is 1.84 bits per heavy atom. The number of azo groups is 1. The molecule has 0 bridgehead atoms. The highest BCUT2D eigenvalue weighted by Crippen LogP contribution is 2.41. The molecule has 4 N–H and O–H groups in total. The van der Waals surface area contributed by atoms with Gasteiger partial charge < -0.3 is 24.6 Å². The minimum absolute atomic E-state index is 0.0424. The number of amides is 3. The number of hydrazine groups is 2. The first kappa shape index (κ1) is 68.3. The van der Waals surface area contributed by atoms with Crippen molar-refractivity contribution < 1.29 is 33.7 Å². The Morgan fingerprint density at radius 2 is 1.24 bits per heavy atom. The van der Waals surface area contributed by atoms with E-state index in [1.165, 1.54) is 82.0 Å². The third-order valence-corrected chi connectivity index (χ3v) is 16.0. The Labute approximate surface area is 547 Å². The highest BCUT2D eigenvalue weighted by molar-refractivity contribution is 6.44. The van der Waals surface area contributed by atoms with Crippen LogP contribution in [0.15, 0.2) is 117 Å². The van der Waals surface area contributed by atoms with Crippen molar-refractivity contribution in [1.82, 2.24) is 10.9 Å². The minimum Gasteiger partial charge on any atom is -0.508 e. The average Bonchev–Trinajstić information content (AvgIpc) is 2.06. The average molecular weight is 1350 g/mol. The van der Waals surface area contributed by atoms with E-state index in [0.717, 1.165) is 36.3 Å². The molecule has 6 aromatic rings. The van der Waals surface area contributed by atoms with E-state index in [4.69, 9.17) is 112 Å². The summed E-state index contributed by atoms with van der Waals surface area (Å²) in [5.74, 6) is 0.837. The normalized spacial score (nSPS) is 15.4. The van der Waals surface area contributed by atoms with E-state index < -0.39 is 18.1 Å². The molecule has 2 unspecified atom stereocenters. The molecule has 2 atom stereocenters. The summed E-state index contributed by atoms with van der Waals surface area (Å²) in [6.07, 6.45) is 11.2. The van der Waals surface area contributed by atoms with Gasteiger partial charge >= 0.3 is 0 Å². The summed E-state index contributed by atoms with van der Waals surface area (Å²) in [4.78, 5) is 49.6. The number of hydrogen-bond donors (Lipinski definition) is 4. The van der Waals surface area contributed by atoms with E-state index in [2.05, 4.69) is 38.3 Å². The van der Waals surface area contributed by atoms with Crippen LogP contribution in [0, 0.1) is 6.92 Å². The molecule has 24 heteroatoms. The Morgan fingerprint density at radius 1 is 0.667 bits per heavy atom. The fourth-order valence-electron chi connectivity index (χ4n) is 9.33. The number of aliphatic imine (C=N–C) groups is 2. The molecule has 2 fully saturated rings. The number of carbonyl (C=O) groups excluding carboxylic acids is 3. The molecule has 2 heterocycles. The van der Waals surface area contributed by atoms with E-state index in [9.17, 15) is 19.5 Å². The second-order valence-corrected chi connectivity index (χ2v) is 24.9. The Balaban J connectivity index is 0.000000373. The zero-order chi connectivity index (χ0) is 63.1. The van der Waals surface area contributed by atoms with E-state index in [0.29, 0.717) is 67.9 Å². The zero-order valence-electron chi connectivity index (χ0n) is 49.0.